The normalized spacial score (nSPS) is 18.1. The Balaban J connectivity index is 1.23. The van der Waals surface area contributed by atoms with Gasteiger partial charge in [-0.3, -0.25) is 14.5 Å². The third-order valence-corrected chi connectivity index (χ3v) is 7.03. The summed E-state index contributed by atoms with van der Waals surface area (Å²) >= 11 is 0. The molecule has 1 fully saturated rings. The van der Waals surface area contributed by atoms with Crippen molar-refractivity contribution in [2.45, 2.75) is 31.5 Å². The van der Waals surface area contributed by atoms with Gasteiger partial charge in [-0.05, 0) is 47.2 Å². The van der Waals surface area contributed by atoms with E-state index in [1.54, 1.807) is 14.2 Å². The maximum Gasteiger partial charge on any atom is 0.325 e. The van der Waals surface area contributed by atoms with Gasteiger partial charge in [-0.1, -0.05) is 60.7 Å². The number of carbonyl (C=O) groups is 3. The van der Waals surface area contributed by atoms with E-state index < -0.39 is 11.6 Å². The fourth-order valence-electron chi connectivity index (χ4n) is 5.02. The Bertz CT molecular complexity index is 1340. The van der Waals surface area contributed by atoms with Crippen LogP contribution in [0.5, 0.6) is 11.5 Å². The number of fused-ring (bicyclic) bond motifs is 2. The molecule has 1 saturated heterocycles. The highest BCUT2D eigenvalue weighted by Gasteiger charge is 2.55. The Morgan fingerprint density at radius 3 is 2.54 bits per heavy atom. The minimum Gasteiger partial charge on any atom is -0.493 e. The first-order valence-electron chi connectivity index (χ1n) is 12.2. The number of rotatable bonds is 8. The molecule has 5 rings (SSSR count). The number of nitrogens with zero attached hydrogens (tertiary/aromatic N) is 2. The average molecular weight is 500 g/mol. The Labute approximate surface area is 215 Å². The summed E-state index contributed by atoms with van der Waals surface area (Å²) in [6, 6.07) is 22.4. The van der Waals surface area contributed by atoms with Crippen molar-refractivity contribution in [1.29, 1.82) is 0 Å². The van der Waals surface area contributed by atoms with Crippen LogP contribution in [-0.2, 0) is 34.7 Å². The highest BCUT2D eigenvalue weighted by molar-refractivity contribution is 6.09. The molecule has 3 aromatic rings. The highest BCUT2D eigenvalue weighted by Crippen LogP contribution is 2.41. The number of benzene rings is 3. The van der Waals surface area contributed by atoms with Gasteiger partial charge in [0.2, 0.25) is 5.91 Å². The summed E-state index contributed by atoms with van der Waals surface area (Å²) in [5, 5.41) is 2.86. The van der Waals surface area contributed by atoms with Crippen molar-refractivity contribution < 1.29 is 23.9 Å². The van der Waals surface area contributed by atoms with Crippen LogP contribution in [-0.4, -0.2) is 48.3 Å². The standard InChI is InChI=1S/C29H29N3O5/c1-31(17-21-12-13-24(25(16-21)36-2)37-19-20-8-4-3-5-9-20)26(33)18-32-27(34)29(30-28(32)35)15-14-22-10-6-7-11-23(22)29/h3-13,16H,14-15,17-19H2,1-2H3,(H,30,35)/t29-/m0/s1. The largest absolute Gasteiger partial charge is 0.493 e. The molecule has 2 aliphatic rings. The van der Waals surface area contributed by atoms with Gasteiger partial charge in [-0.15, -0.1) is 0 Å². The number of hydrogen-bond donors (Lipinski definition) is 1. The quantitative estimate of drug-likeness (QED) is 0.479. The van der Waals surface area contributed by atoms with Gasteiger partial charge < -0.3 is 19.7 Å². The lowest BCUT2D eigenvalue weighted by molar-refractivity contribution is -0.138. The third kappa shape index (κ3) is 4.62. The van der Waals surface area contributed by atoms with E-state index in [0.29, 0.717) is 30.9 Å². The van der Waals surface area contributed by atoms with E-state index in [9.17, 15) is 14.4 Å². The molecule has 0 bridgehead atoms. The monoisotopic (exact) mass is 499 g/mol. The number of methoxy groups -OCH3 is 1. The molecule has 8 nitrogen and oxygen atoms in total. The first-order valence-corrected chi connectivity index (χ1v) is 12.2. The minimum absolute atomic E-state index is 0.284. The average Bonchev–Trinajstić information content (AvgIpc) is 3.40. The molecular formula is C29H29N3O5. The van der Waals surface area contributed by atoms with Crippen molar-refractivity contribution in [2.24, 2.45) is 0 Å². The van der Waals surface area contributed by atoms with Crippen LogP contribution < -0.4 is 14.8 Å². The van der Waals surface area contributed by atoms with E-state index in [4.69, 9.17) is 9.47 Å². The van der Waals surface area contributed by atoms with Crippen LogP contribution in [0.25, 0.3) is 0 Å². The van der Waals surface area contributed by atoms with Gasteiger partial charge in [-0.25, -0.2) is 4.79 Å². The summed E-state index contributed by atoms with van der Waals surface area (Å²) in [7, 11) is 3.21. The predicted octanol–water partition coefficient (Wildman–Crippen LogP) is 3.63. The number of hydrogen-bond acceptors (Lipinski definition) is 5. The molecule has 8 heteroatoms. The minimum atomic E-state index is -1.07. The molecule has 0 unspecified atom stereocenters. The number of imide groups is 1. The zero-order chi connectivity index (χ0) is 26.0. The summed E-state index contributed by atoms with van der Waals surface area (Å²) in [5.74, 6) is 0.455. The summed E-state index contributed by atoms with van der Waals surface area (Å²) in [4.78, 5) is 41.6. The summed E-state index contributed by atoms with van der Waals surface area (Å²) in [5.41, 5.74) is 2.67. The number of aryl methyl sites for hydroxylation is 1. The van der Waals surface area contributed by atoms with Crippen LogP contribution in [0.4, 0.5) is 4.79 Å². The molecule has 1 aliphatic heterocycles. The van der Waals surface area contributed by atoms with Crippen molar-refractivity contribution in [2.75, 3.05) is 20.7 Å². The van der Waals surface area contributed by atoms with Crippen LogP contribution in [0.1, 0.15) is 28.7 Å². The fourth-order valence-corrected chi connectivity index (χ4v) is 5.02. The maximum atomic E-state index is 13.3. The van der Waals surface area contributed by atoms with E-state index in [1.807, 2.05) is 72.8 Å². The predicted molar refractivity (Wildman–Crippen MR) is 137 cm³/mol. The van der Waals surface area contributed by atoms with Gasteiger partial charge in [-0.2, -0.15) is 0 Å². The second kappa shape index (κ2) is 9.97. The molecule has 0 aromatic heterocycles. The summed E-state index contributed by atoms with van der Waals surface area (Å²) in [6.07, 6.45) is 1.20. The van der Waals surface area contributed by atoms with Gasteiger partial charge in [0.15, 0.2) is 11.5 Å². The molecule has 0 radical (unpaired) electrons. The number of urea groups is 1. The lowest BCUT2D eigenvalue weighted by atomic mass is 9.92. The Morgan fingerprint density at radius 1 is 1.00 bits per heavy atom. The Morgan fingerprint density at radius 2 is 1.76 bits per heavy atom. The smallest absolute Gasteiger partial charge is 0.325 e. The SMILES string of the molecule is COc1cc(CN(C)C(=O)CN2C(=O)N[C@]3(CCc4ccccc43)C2=O)ccc1OCc1ccccc1. The number of carbonyl (C=O) groups excluding carboxylic acids is 3. The third-order valence-electron chi connectivity index (χ3n) is 7.03. The fraction of sp³-hybridized carbons (Fsp3) is 0.276. The van der Waals surface area contributed by atoms with E-state index in [-0.39, 0.29) is 24.9 Å². The Hall–Kier alpha value is -4.33. The van der Waals surface area contributed by atoms with E-state index in [1.165, 1.54) is 4.90 Å². The first kappa shape index (κ1) is 24.4. The van der Waals surface area contributed by atoms with Crippen LogP contribution in [0.3, 0.4) is 0 Å². The zero-order valence-electron chi connectivity index (χ0n) is 20.9. The van der Waals surface area contributed by atoms with E-state index in [2.05, 4.69) is 5.32 Å². The molecule has 4 amide bonds. The van der Waals surface area contributed by atoms with Crippen LogP contribution >= 0.6 is 0 Å². The lowest BCUT2D eigenvalue weighted by Crippen LogP contribution is -2.44. The first-order chi connectivity index (χ1) is 17.9. The molecule has 1 spiro atoms. The molecule has 1 heterocycles. The Kier molecular flexibility index (Phi) is 6.56. The number of amides is 4. The molecule has 1 aliphatic carbocycles. The van der Waals surface area contributed by atoms with Crippen molar-refractivity contribution in [1.82, 2.24) is 15.1 Å². The second-order valence-corrected chi connectivity index (χ2v) is 9.39. The maximum absolute atomic E-state index is 13.3. The zero-order valence-corrected chi connectivity index (χ0v) is 20.9. The second-order valence-electron chi connectivity index (χ2n) is 9.39. The topological polar surface area (TPSA) is 88.2 Å². The molecule has 3 aromatic carbocycles. The molecular weight excluding hydrogens is 470 g/mol. The van der Waals surface area contributed by atoms with Gasteiger partial charge in [0, 0.05) is 13.6 Å². The van der Waals surface area contributed by atoms with Crippen molar-refractivity contribution in [3.05, 3.63) is 95.1 Å². The van der Waals surface area contributed by atoms with Crippen LogP contribution in [0.2, 0.25) is 0 Å². The lowest BCUT2D eigenvalue weighted by Gasteiger charge is -2.23. The number of ether oxygens (including phenoxy) is 2. The van der Waals surface area contributed by atoms with Crippen molar-refractivity contribution >= 4 is 17.8 Å². The molecule has 0 saturated carbocycles. The van der Waals surface area contributed by atoms with Crippen LogP contribution in [0, 0.1) is 0 Å². The molecule has 1 atom stereocenters. The number of likely N-dealkylation sites (N-methyl/N-ethyl adjacent to an activating group) is 1. The van der Waals surface area contributed by atoms with Gasteiger partial charge >= 0.3 is 6.03 Å². The van der Waals surface area contributed by atoms with Crippen LogP contribution in [0.15, 0.2) is 72.8 Å². The molecule has 37 heavy (non-hydrogen) atoms. The number of nitrogens with one attached hydrogen (secondary N) is 1. The highest BCUT2D eigenvalue weighted by atomic mass is 16.5. The molecule has 1 N–H and O–H groups in total. The van der Waals surface area contributed by atoms with E-state index >= 15 is 0 Å². The van der Waals surface area contributed by atoms with E-state index in [0.717, 1.165) is 27.2 Å². The van der Waals surface area contributed by atoms with Crippen molar-refractivity contribution in [3.8, 4) is 11.5 Å². The summed E-state index contributed by atoms with van der Waals surface area (Å²) in [6.45, 7) is 0.374. The molecule has 190 valence electrons. The van der Waals surface area contributed by atoms with Crippen molar-refractivity contribution in [3.63, 3.8) is 0 Å². The van der Waals surface area contributed by atoms with Gasteiger partial charge in [0.1, 0.15) is 18.7 Å². The van der Waals surface area contributed by atoms with Gasteiger partial charge in [0.25, 0.3) is 5.91 Å². The summed E-state index contributed by atoms with van der Waals surface area (Å²) < 4.78 is 11.4. The van der Waals surface area contributed by atoms with Gasteiger partial charge in [0.05, 0.1) is 7.11 Å².